The van der Waals surface area contributed by atoms with E-state index in [1.807, 2.05) is 0 Å². The summed E-state index contributed by atoms with van der Waals surface area (Å²) in [7, 11) is 0. The first-order valence-corrected chi connectivity index (χ1v) is 5.61. The van der Waals surface area contributed by atoms with Crippen LogP contribution in [0.3, 0.4) is 0 Å². The molecule has 0 atom stereocenters. The number of hydrogen-bond donors (Lipinski definition) is 2. The van der Waals surface area contributed by atoms with E-state index in [0.717, 1.165) is 6.42 Å². The lowest BCUT2D eigenvalue weighted by Gasteiger charge is -2.32. The predicted molar refractivity (Wildman–Crippen MR) is 55.9 cm³/mol. The highest BCUT2D eigenvalue weighted by Gasteiger charge is 2.38. The fraction of sp³-hybridized carbons (Fsp3) is 0.727. The second-order valence-corrected chi connectivity index (χ2v) is 4.93. The number of nitrogens with one attached hydrogen (secondary N) is 1. The number of imidazole rings is 1. The first-order chi connectivity index (χ1) is 6.77. The van der Waals surface area contributed by atoms with Crippen LogP contribution in [0.4, 0.5) is 5.95 Å². The minimum Gasteiger partial charge on any atom is -0.369 e. The largest absolute Gasteiger partial charge is 0.369 e. The van der Waals surface area contributed by atoms with E-state index >= 15 is 0 Å². The van der Waals surface area contributed by atoms with Crippen LogP contribution in [0.2, 0.25) is 0 Å². The van der Waals surface area contributed by atoms with Gasteiger partial charge in [-0.2, -0.15) is 0 Å². The van der Waals surface area contributed by atoms with Crippen molar-refractivity contribution in [3.63, 3.8) is 0 Å². The highest BCUT2D eigenvalue weighted by molar-refractivity contribution is 5.29. The van der Waals surface area contributed by atoms with Crippen LogP contribution in [0.1, 0.15) is 43.5 Å². The van der Waals surface area contributed by atoms with Crippen molar-refractivity contribution in [3.8, 4) is 0 Å². The number of fused-ring (bicyclic) bond motifs is 1. The van der Waals surface area contributed by atoms with Crippen molar-refractivity contribution in [3.05, 3.63) is 11.4 Å². The first kappa shape index (κ1) is 8.33. The molecule has 2 aliphatic rings. The third-order valence-corrected chi connectivity index (χ3v) is 3.99. The molecule has 14 heavy (non-hydrogen) atoms. The van der Waals surface area contributed by atoms with E-state index in [2.05, 4.69) is 9.97 Å². The van der Waals surface area contributed by atoms with Crippen LogP contribution in [-0.4, -0.2) is 9.97 Å². The highest BCUT2D eigenvalue weighted by Crippen LogP contribution is 2.47. The summed E-state index contributed by atoms with van der Waals surface area (Å²) in [5.41, 5.74) is 8.82. The van der Waals surface area contributed by atoms with E-state index in [1.54, 1.807) is 0 Å². The predicted octanol–water partition coefficient (Wildman–Crippen LogP) is 2.04. The van der Waals surface area contributed by atoms with Gasteiger partial charge in [-0.15, -0.1) is 0 Å². The van der Waals surface area contributed by atoms with Gasteiger partial charge in [0.25, 0.3) is 0 Å². The summed E-state index contributed by atoms with van der Waals surface area (Å²) >= 11 is 0. The zero-order valence-electron chi connectivity index (χ0n) is 8.47. The molecule has 0 aliphatic heterocycles. The monoisotopic (exact) mass is 191 g/mol. The van der Waals surface area contributed by atoms with Crippen LogP contribution < -0.4 is 5.73 Å². The van der Waals surface area contributed by atoms with Gasteiger partial charge in [-0.3, -0.25) is 0 Å². The van der Waals surface area contributed by atoms with E-state index in [9.17, 15) is 0 Å². The Labute approximate surface area is 84.1 Å². The van der Waals surface area contributed by atoms with Gasteiger partial charge in [-0.1, -0.05) is 12.8 Å². The van der Waals surface area contributed by atoms with Gasteiger partial charge < -0.3 is 10.7 Å². The van der Waals surface area contributed by atoms with Crippen molar-refractivity contribution in [1.29, 1.82) is 0 Å². The summed E-state index contributed by atoms with van der Waals surface area (Å²) in [5.74, 6) is 0.602. The molecule has 0 bridgehead atoms. The Bertz CT molecular complexity index is 347. The van der Waals surface area contributed by atoms with E-state index < -0.39 is 0 Å². The van der Waals surface area contributed by atoms with E-state index in [-0.39, 0.29) is 0 Å². The van der Waals surface area contributed by atoms with Crippen LogP contribution in [0, 0.1) is 5.41 Å². The maximum absolute atomic E-state index is 5.68. The van der Waals surface area contributed by atoms with E-state index in [0.29, 0.717) is 11.4 Å². The Morgan fingerprint density at radius 1 is 1.21 bits per heavy atom. The molecular weight excluding hydrogens is 174 g/mol. The second-order valence-electron chi connectivity index (χ2n) is 4.93. The zero-order chi connectivity index (χ0) is 9.60. The number of anilines is 1. The Hall–Kier alpha value is -0.990. The average molecular weight is 191 g/mol. The summed E-state index contributed by atoms with van der Waals surface area (Å²) in [6.07, 6.45) is 9.29. The third kappa shape index (κ3) is 1.15. The number of aromatic amines is 1. The summed E-state index contributed by atoms with van der Waals surface area (Å²) < 4.78 is 0. The number of rotatable bonds is 0. The molecule has 1 fully saturated rings. The standard InChI is InChI=1S/C11H17N3/c12-10-13-8-3-6-11(4-1-2-5-11)7-9(8)14-10/h1-7H2,(H3,12,13,14). The number of H-pyrrole nitrogens is 1. The van der Waals surface area contributed by atoms with Gasteiger partial charge in [-0.25, -0.2) is 4.98 Å². The van der Waals surface area contributed by atoms with Crippen molar-refractivity contribution >= 4 is 5.95 Å². The molecule has 1 saturated carbocycles. The van der Waals surface area contributed by atoms with Gasteiger partial charge in [0.05, 0.1) is 5.69 Å². The van der Waals surface area contributed by atoms with Crippen molar-refractivity contribution in [2.24, 2.45) is 5.41 Å². The van der Waals surface area contributed by atoms with Gasteiger partial charge in [0, 0.05) is 5.69 Å². The Kier molecular flexibility index (Phi) is 1.64. The molecule has 0 saturated heterocycles. The number of nitrogens with two attached hydrogens (primary N) is 1. The SMILES string of the molecule is Nc1nc2c([nH]1)CC1(CCCC1)CC2. The van der Waals surface area contributed by atoms with Gasteiger partial charge in [0.1, 0.15) is 0 Å². The topological polar surface area (TPSA) is 54.7 Å². The van der Waals surface area contributed by atoms with Gasteiger partial charge in [0.15, 0.2) is 5.95 Å². The zero-order valence-corrected chi connectivity index (χ0v) is 8.47. The van der Waals surface area contributed by atoms with E-state index in [1.165, 1.54) is 49.9 Å². The van der Waals surface area contributed by atoms with Crippen molar-refractivity contribution < 1.29 is 0 Å². The van der Waals surface area contributed by atoms with Gasteiger partial charge >= 0.3 is 0 Å². The fourth-order valence-electron chi connectivity index (χ4n) is 3.22. The normalized spacial score (nSPS) is 24.0. The molecule has 3 heteroatoms. The fourth-order valence-corrected chi connectivity index (χ4v) is 3.22. The van der Waals surface area contributed by atoms with E-state index in [4.69, 9.17) is 5.73 Å². The van der Waals surface area contributed by atoms with Crippen molar-refractivity contribution in [2.75, 3.05) is 5.73 Å². The summed E-state index contributed by atoms with van der Waals surface area (Å²) in [4.78, 5) is 7.54. The molecule has 1 aromatic rings. The summed E-state index contributed by atoms with van der Waals surface area (Å²) in [5, 5.41) is 0. The number of aryl methyl sites for hydroxylation is 1. The Morgan fingerprint density at radius 3 is 2.79 bits per heavy atom. The molecule has 1 heterocycles. The number of nitrogen functional groups attached to an aromatic ring is 1. The lowest BCUT2D eigenvalue weighted by Crippen LogP contribution is -2.25. The van der Waals surface area contributed by atoms with Crippen molar-refractivity contribution in [2.45, 2.75) is 44.9 Å². The molecule has 1 aromatic heterocycles. The molecule has 1 spiro atoms. The Morgan fingerprint density at radius 2 is 2.00 bits per heavy atom. The molecule has 0 amide bonds. The number of hydrogen-bond acceptors (Lipinski definition) is 2. The quantitative estimate of drug-likeness (QED) is 0.659. The minimum absolute atomic E-state index is 0.602. The van der Waals surface area contributed by atoms with Crippen LogP contribution >= 0.6 is 0 Å². The number of aromatic nitrogens is 2. The lowest BCUT2D eigenvalue weighted by molar-refractivity contribution is 0.251. The molecule has 3 N–H and O–H groups in total. The maximum Gasteiger partial charge on any atom is 0.197 e. The lowest BCUT2D eigenvalue weighted by atomic mass is 9.73. The van der Waals surface area contributed by atoms with Crippen LogP contribution in [0.15, 0.2) is 0 Å². The van der Waals surface area contributed by atoms with Crippen LogP contribution in [0.5, 0.6) is 0 Å². The molecule has 0 unspecified atom stereocenters. The van der Waals surface area contributed by atoms with Crippen molar-refractivity contribution in [1.82, 2.24) is 9.97 Å². The highest BCUT2D eigenvalue weighted by atomic mass is 15.0. The van der Waals surface area contributed by atoms with Gasteiger partial charge in [-0.05, 0) is 37.5 Å². The smallest absolute Gasteiger partial charge is 0.197 e. The Balaban J connectivity index is 1.92. The first-order valence-electron chi connectivity index (χ1n) is 5.61. The molecule has 76 valence electrons. The molecular formula is C11H17N3. The maximum atomic E-state index is 5.68. The second kappa shape index (κ2) is 2.75. The summed E-state index contributed by atoms with van der Waals surface area (Å²) in [6.45, 7) is 0. The van der Waals surface area contributed by atoms with Crippen LogP contribution in [0.25, 0.3) is 0 Å². The summed E-state index contributed by atoms with van der Waals surface area (Å²) in [6, 6.07) is 0. The molecule has 2 aliphatic carbocycles. The molecule has 0 radical (unpaired) electrons. The molecule has 0 aromatic carbocycles. The van der Waals surface area contributed by atoms with Crippen LogP contribution in [-0.2, 0) is 12.8 Å². The number of nitrogens with zero attached hydrogens (tertiary/aromatic N) is 1. The average Bonchev–Trinajstić information content (AvgIpc) is 2.72. The minimum atomic E-state index is 0.602. The molecule has 3 rings (SSSR count). The third-order valence-electron chi connectivity index (χ3n) is 3.99. The molecule has 3 nitrogen and oxygen atoms in total. The van der Waals surface area contributed by atoms with Gasteiger partial charge in [0.2, 0.25) is 0 Å².